The summed E-state index contributed by atoms with van der Waals surface area (Å²) in [6, 6.07) is 10.8. The highest BCUT2D eigenvalue weighted by Gasteiger charge is 2.09. The lowest BCUT2D eigenvalue weighted by molar-refractivity contribution is -0.119. The molecule has 7 nitrogen and oxygen atoms in total. The third-order valence-corrected chi connectivity index (χ3v) is 3.83. The van der Waals surface area contributed by atoms with Crippen molar-refractivity contribution in [3.63, 3.8) is 0 Å². The van der Waals surface area contributed by atoms with E-state index < -0.39 is 0 Å². The van der Waals surface area contributed by atoms with Crippen LogP contribution in [0, 0.1) is 5.92 Å². The molecular weight excluding hydrogens is 330 g/mol. The van der Waals surface area contributed by atoms with Crippen LogP contribution in [0.4, 0.5) is 11.4 Å². The lowest BCUT2D eigenvalue weighted by Crippen LogP contribution is -2.18. The van der Waals surface area contributed by atoms with E-state index in [1.807, 2.05) is 26.0 Å². The van der Waals surface area contributed by atoms with E-state index in [-0.39, 0.29) is 17.7 Å². The molecule has 0 fully saturated rings. The minimum absolute atomic E-state index is 0.0630. The van der Waals surface area contributed by atoms with Gasteiger partial charge in [0.1, 0.15) is 5.82 Å². The topological polar surface area (TPSA) is 99.8 Å². The molecule has 0 atom stereocenters. The number of hydrogen-bond donors (Lipinski definition) is 3. The Morgan fingerprint density at radius 1 is 1.12 bits per heavy atom. The fourth-order valence-corrected chi connectivity index (χ4v) is 2.43. The molecule has 0 aliphatic heterocycles. The van der Waals surface area contributed by atoms with Gasteiger partial charge in [-0.25, -0.2) is 9.97 Å². The first-order valence-corrected chi connectivity index (χ1v) is 8.51. The van der Waals surface area contributed by atoms with Gasteiger partial charge in [0.25, 0.3) is 0 Å². The van der Waals surface area contributed by atoms with E-state index >= 15 is 0 Å². The largest absolute Gasteiger partial charge is 0.341 e. The number of rotatable bonds is 6. The van der Waals surface area contributed by atoms with Gasteiger partial charge in [-0.2, -0.15) is 0 Å². The fourth-order valence-electron chi connectivity index (χ4n) is 2.43. The second-order valence-electron chi connectivity index (χ2n) is 6.33. The van der Waals surface area contributed by atoms with Gasteiger partial charge in [0.2, 0.25) is 11.8 Å². The van der Waals surface area contributed by atoms with Gasteiger partial charge in [-0.1, -0.05) is 19.9 Å². The highest BCUT2D eigenvalue weighted by Crippen LogP contribution is 2.16. The lowest BCUT2D eigenvalue weighted by Gasteiger charge is -2.10. The summed E-state index contributed by atoms with van der Waals surface area (Å²) in [5.41, 5.74) is 2.81. The number of carbonyl (C=O) groups is 2. The Kier molecular flexibility index (Phi) is 5.26. The number of aryl methyl sites for hydroxylation is 1. The molecule has 134 valence electrons. The molecule has 3 rings (SSSR count). The highest BCUT2D eigenvalue weighted by molar-refractivity contribution is 5.94. The number of amides is 2. The SMILES string of the molecule is CC(C)C(=O)Nc1cccc(NC(=O)CCc2nc3ncccc3[nH]2)c1. The first-order chi connectivity index (χ1) is 12.5. The molecule has 26 heavy (non-hydrogen) atoms. The maximum Gasteiger partial charge on any atom is 0.226 e. The molecule has 7 heteroatoms. The molecule has 3 aromatic rings. The molecule has 0 saturated heterocycles. The van der Waals surface area contributed by atoms with Crippen molar-refractivity contribution in [3.05, 3.63) is 48.4 Å². The number of aromatic nitrogens is 3. The maximum atomic E-state index is 12.2. The maximum absolute atomic E-state index is 12.2. The van der Waals surface area contributed by atoms with Gasteiger partial charge in [-0.05, 0) is 30.3 Å². The molecule has 0 aliphatic rings. The van der Waals surface area contributed by atoms with Crippen LogP contribution in [0.1, 0.15) is 26.1 Å². The van der Waals surface area contributed by atoms with Crippen molar-refractivity contribution in [2.24, 2.45) is 5.92 Å². The number of fused-ring (bicyclic) bond motifs is 1. The lowest BCUT2D eigenvalue weighted by atomic mass is 10.2. The van der Waals surface area contributed by atoms with E-state index in [0.29, 0.717) is 29.9 Å². The van der Waals surface area contributed by atoms with Crippen LogP contribution >= 0.6 is 0 Å². The molecule has 0 spiro atoms. The molecule has 0 unspecified atom stereocenters. The fraction of sp³-hybridized carbons (Fsp3) is 0.263. The van der Waals surface area contributed by atoms with Crippen LogP contribution in [0.3, 0.4) is 0 Å². The van der Waals surface area contributed by atoms with Crippen LogP contribution in [-0.4, -0.2) is 26.8 Å². The van der Waals surface area contributed by atoms with Crippen molar-refractivity contribution < 1.29 is 9.59 Å². The molecule has 2 amide bonds. The second kappa shape index (κ2) is 7.77. The molecule has 0 aliphatic carbocycles. The number of aromatic amines is 1. The standard InChI is InChI=1S/C19H21N5O2/c1-12(2)19(26)22-14-6-3-5-13(11-14)21-17(25)9-8-16-23-15-7-4-10-20-18(15)24-16/h3-7,10-12H,8-9H2,1-2H3,(H,21,25)(H,22,26)(H,20,23,24). The van der Waals surface area contributed by atoms with Crippen molar-refractivity contribution in [2.45, 2.75) is 26.7 Å². The Morgan fingerprint density at radius 3 is 2.62 bits per heavy atom. The van der Waals surface area contributed by atoms with Gasteiger partial charge in [-0.15, -0.1) is 0 Å². The summed E-state index contributed by atoms with van der Waals surface area (Å²) in [4.78, 5) is 35.6. The summed E-state index contributed by atoms with van der Waals surface area (Å²) < 4.78 is 0. The predicted octanol–water partition coefficient (Wildman–Crippen LogP) is 3.12. The van der Waals surface area contributed by atoms with E-state index in [9.17, 15) is 9.59 Å². The van der Waals surface area contributed by atoms with E-state index in [1.165, 1.54) is 0 Å². The quantitative estimate of drug-likeness (QED) is 0.635. The Hall–Kier alpha value is -3.22. The van der Waals surface area contributed by atoms with Crippen LogP contribution < -0.4 is 10.6 Å². The number of benzene rings is 1. The number of hydrogen-bond acceptors (Lipinski definition) is 4. The molecule has 3 N–H and O–H groups in total. The van der Waals surface area contributed by atoms with E-state index in [0.717, 1.165) is 11.3 Å². The average Bonchev–Trinajstić information content (AvgIpc) is 3.03. The summed E-state index contributed by atoms with van der Waals surface area (Å²) in [6.45, 7) is 3.66. The van der Waals surface area contributed by atoms with Crippen LogP contribution in [0.15, 0.2) is 42.6 Å². The third kappa shape index (κ3) is 4.44. The van der Waals surface area contributed by atoms with Crippen molar-refractivity contribution in [3.8, 4) is 0 Å². The third-order valence-electron chi connectivity index (χ3n) is 3.83. The van der Waals surface area contributed by atoms with Crippen LogP contribution in [0.25, 0.3) is 11.2 Å². The molecule has 0 saturated carbocycles. The minimum atomic E-state index is -0.120. The molecule has 0 bridgehead atoms. The molecule has 0 radical (unpaired) electrons. The number of imidazole rings is 1. The Balaban J connectivity index is 1.56. The summed E-state index contributed by atoms with van der Waals surface area (Å²) in [6.07, 6.45) is 2.47. The highest BCUT2D eigenvalue weighted by atomic mass is 16.2. The van der Waals surface area contributed by atoms with E-state index in [1.54, 1.807) is 30.5 Å². The van der Waals surface area contributed by atoms with Crippen LogP contribution in [0.2, 0.25) is 0 Å². The average molecular weight is 351 g/mol. The van der Waals surface area contributed by atoms with Gasteiger partial charge in [-0.3, -0.25) is 9.59 Å². The second-order valence-corrected chi connectivity index (χ2v) is 6.33. The van der Waals surface area contributed by atoms with Crippen molar-refractivity contribution in [1.29, 1.82) is 0 Å². The number of pyridine rings is 1. The van der Waals surface area contributed by atoms with Gasteiger partial charge in [0, 0.05) is 36.3 Å². The number of H-pyrrole nitrogens is 1. The normalized spacial score (nSPS) is 10.9. The number of carbonyl (C=O) groups excluding carboxylic acids is 2. The summed E-state index contributed by atoms with van der Waals surface area (Å²) in [5, 5.41) is 5.66. The van der Waals surface area contributed by atoms with Gasteiger partial charge in [0.05, 0.1) is 5.52 Å². The van der Waals surface area contributed by atoms with Gasteiger partial charge >= 0.3 is 0 Å². The molecule has 2 aromatic heterocycles. The number of nitrogens with zero attached hydrogens (tertiary/aromatic N) is 2. The summed E-state index contributed by atoms with van der Waals surface area (Å²) >= 11 is 0. The number of nitrogens with one attached hydrogen (secondary N) is 3. The first kappa shape index (κ1) is 17.6. The van der Waals surface area contributed by atoms with Crippen molar-refractivity contribution in [2.75, 3.05) is 10.6 Å². The first-order valence-electron chi connectivity index (χ1n) is 8.51. The summed E-state index contributed by atoms with van der Waals surface area (Å²) in [7, 11) is 0. The van der Waals surface area contributed by atoms with Crippen molar-refractivity contribution >= 4 is 34.4 Å². The zero-order valence-corrected chi connectivity index (χ0v) is 14.7. The Bertz CT molecular complexity index is 899. The van der Waals surface area contributed by atoms with E-state index in [2.05, 4.69) is 25.6 Å². The van der Waals surface area contributed by atoms with Gasteiger partial charge < -0.3 is 15.6 Å². The minimum Gasteiger partial charge on any atom is -0.341 e. The monoisotopic (exact) mass is 351 g/mol. The smallest absolute Gasteiger partial charge is 0.226 e. The Labute approximate surface area is 151 Å². The Morgan fingerprint density at radius 2 is 1.88 bits per heavy atom. The molecular formula is C19H21N5O2. The van der Waals surface area contributed by atoms with Crippen molar-refractivity contribution in [1.82, 2.24) is 15.0 Å². The predicted molar refractivity (Wildman–Crippen MR) is 101 cm³/mol. The molecule has 2 heterocycles. The zero-order chi connectivity index (χ0) is 18.5. The van der Waals surface area contributed by atoms with Crippen LogP contribution in [0.5, 0.6) is 0 Å². The van der Waals surface area contributed by atoms with Crippen LogP contribution in [-0.2, 0) is 16.0 Å². The summed E-state index contributed by atoms with van der Waals surface area (Å²) in [5.74, 6) is 0.441. The zero-order valence-electron chi connectivity index (χ0n) is 14.7. The number of anilines is 2. The van der Waals surface area contributed by atoms with E-state index in [4.69, 9.17) is 0 Å². The van der Waals surface area contributed by atoms with Gasteiger partial charge in [0.15, 0.2) is 5.65 Å². The molecule has 1 aromatic carbocycles.